The van der Waals surface area contributed by atoms with Crippen molar-refractivity contribution in [3.05, 3.63) is 48.2 Å². The fraction of sp³-hybridized carbons (Fsp3) is 0.391. The van der Waals surface area contributed by atoms with Crippen molar-refractivity contribution in [1.82, 2.24) is 9.88 Å². The van der Waals surface area contributed by atoms with E-state index in [-0.39, 0.29) is 30.7 Å². The van der Waals surface area contributed by atoms with Crippen LogP contribution in [-0.4, -0.2) is 60.1 Å². The lowest BCUT2D eigenvalue weighted by Crippen LogP contribution is -2.62. The smallest absolute Gasteiger partial charge is 0.257 e. The van der Waals surface area contributed by atoms with Gasteiger partial charge in [-0.2, -0.15) is 0 Å². The van der Waals surface area contributed by atoms with E-state index < -0.39 is 5.66 Å². The number of benzene rings is 1. The topological polar surface area (TPSA) is 101 Å². The van der Waals surface area contributed by atoms with Crippen LogP contribution >= 0.6 is 0 Å². The molecule has 9 heteroatoms. The second-order valence-electron chi connectivity index (χ2n) is 7.92. The van der Waals surface area contributed by atoms with E-state index in [1.54, 1.807) is 53.4 Å². The lowest BCUT2D eigenvalue weighted by molar-refractivity contribution is -0.117. The van der Waals surface area contributed by atoms with Crippen LogP contribution in [0.1, 0.15) is 36.5 Å². The van der Waals surface area contributed by atoms with E-state index in [0.29, 0.717) is 48.9 Å². The maximum Gasteiger partial charge on any atom is 0.257 e. The lowest BCUT2D eigenvalue weighted by Gasteiger charge is -2.48. The number of amides is 3. The highest BCUT2D eigenvalue weighted by atomic mass is 16.5. The number of carbonyl (C=O) groups excluding carboxylic acids is 3. The van der Waals surface area contributed by atoms with E-state index >= 15 is 0 Å². The Morgan fingerprint density at radius 3 is 2.81 bits per heavy atom. The number of aromatic nitrogens is 1. The number of hydrogen-bond donors (Lipinski definition) is 1. The van der Waals surface area contributed by atoms with Gasteiger partial charge in [-0.25, -0.2) is 4.98 Å². The van der Waals surface area contributed by atoms with E-state index in [4.69, 9.17) is 9.47 Å². The minimum atomic E-state index is -0.786. The van der Waals surface area contributed by atoms with Gasteiger partial charge in [0.25, 0.3) is 5.91 Å². The van der Waals surface area contributed by atoms with Crippen molar-refractivity contribution >= 4 is 29.1 Å². The van der Waals surface area contributed by atoms with Crippen molar-refractivity contribution in [2.45, 2.75) is 31.8 Å². The average molecular weight is 438 g/mol. The Morgan fingerprint density at radius 2 is 2.00 bits per heavy atom. The van der Waals surface area contributed by atoms with Gasteiger partial charge in [0.15, 0.2) is 0 Å². The summed E-state index contributed by atoms with van der Waals surface area (Å²) in [4.78, 5) is 46.1. The van der Waals surface area contributed by atoms with Crippen LogP contribution in [-0.2, 0) is 14.3 Å². The number of methoxy groups -OCH3 is 1. The number of carbonyl (C=O) groups is 3. The highest BCUT2D eigenvalue weighted by Crippen LogP contribution is 2.44. The van der Waals surface area contributed by atoms with Crippen LogP contribution in [0.5, 0.6) is 5.88 Å². The minimum absolute atomic E-state index is 0.0184. The molecule has 3 heterocycles. The van der Waals surface area contributed by atoms with Crippen molar-refractivity contribution in [3.8, 4) is 5.88 Å². The first-order valence-corrected chi connectivity index (χ1v) is 10.6. The third-order valence-corrected chi connectivity index (χ3v) is 5.88. The molecule has 4 rings (SSSR count). The Balaban J connectivity index is 1.48. The summed E-state index contributed by atoms with van der Waals surface area (Å²) in [7, 11) is 1.57. The summed E-state index contributed by atoms with van der Waals surface area (Å²) >= 11 is 0. The van der Waals surface area contributed by atoms with Gasteiger partial charge in [-0.3, -0.25) is 19.3 Å². The number of fused-ring (bicyclic) bond motifs is 3. The maximum atomic E-state index is 13.3. The molecule has 168 valence electrons. The van der Waals surface area contributed by atoms with Gasteiger partial charge >= 0.3 is 0 Å². The van der Waals surface area contributed by atoms with Gasteiger partial charge in [0.1, 0.15) is 18.0 Å². The van der Waals surface area contributed by atoms with Gasteiger partial charge in [0, 0.05) is 32.7 Å². The lowest BCUT2D eigenvalue weighted by atomic mass is 9.98. The van der Waals surface area contributed by atoms with E-state index in [0.717, 1.165) is 0 Å². The highest BCUT2D eigenvalue weighted by Gasteiger charge is 2.52. The first kappa shape index (κ1) is 21.8. The number of nitrogens with zero attached hydrogens (tertiary/aromatic N) is 3. The number of nitrogens with one attached hydrogen (secondary N) is 1. The summed E-state index contributed by atoms with van der Waals surface area (Å²) in [5.41, 5.74) is 0.775. The molecule has 1 N–H and O–H groups in total. The first-order chi connectivity index (χ1) is 15.5. The molecule has 0 bridgehead atoms. The zero-order valence-corrected chi connectivity index (χ0v) is 18.2. The maximum absolute atomic E-state index is 13.3. The Labute approximate surface area is 186 Å². The third kappa shape index (κ3) is 3.91. The molecule has 32 heavy (non-hydrogen) atoms. The van der Waals surface area contributed by atoms with Gasteiger partial charge in [-0.05, 0) is 37.6 Å². The number of para-hydroxylation sites is 1. The number of rotatable bonds is 8. The van der Waals surface area contributed by atoms with Crippen LogP contribution in [0.25, 0.3) is 0 Å². The van der Waals surface area contributed by atoms with Crippen LogP contribution < -0.4 is 15.0 Å². The monoisotopic (exact) mass is 438 g/mol. The Kier molecular flexibility index (Phi) is 6.09. The van der Waals surface area contributed by atoms with Gasteiger partial charge in [-0.1, -0.05) is 12.1 Å². The molecule has 1 aromatic heterocycles. The highest BCUT2D eigenvalue weighted by molar-refractivity contribution is 6.10. The predicted molar refractivity (Wildman–Crippen MR) is 117 cm³/mol. The van der Waals surface area contributed by atoms with E-state index in [1.807, 2.05) is 13.0 Å². The number of pyridine rings is 1. The molecule has 0 aliphatic carbocycles. The average Bonchev–Trinajstić information content (AvgIpc) is 3.10. The molecule has 2 aliphatic rings. The molecule has 1 saturated heterocycles. The molecule has 1 unspecified atom stereocenters. The molecule has 0 radical (unpaired) electrons. The molecular formula is C23H26N4O5. The van der Waals surface area contributed by atoms with E-state index in [9.17, 15) is 14.4 Å². The predicted octanol–water partition coefficient (Wildman–Crippen LogP) is 2.43. The van der Waals surface area contributed by atoms with Crippen molar-refractivity contribution < 1.29 is 23.9 Å². The summed E-state index contributed by atoms with van der Waals surface area (Å²) < 4.78 is 10.5. The number of ether oxygens (including phenoxy) is 2. The first-order valence-electron chi connectivity index (χ1n) is 10.6. The van der Waals surface area contributed by atoms with Crippen LogP contribution in [0.2, 0.25) is 0 Å². The Hall–Kier alpha value is -3.46. The Morgan fingerprint density at radius 1 is 1.19 bits per heavy atom. The molecule has 1 atom stereocenters. The fourth-order valence-corrected chi connectivity index (χ4v) is 4.29. The molecule has 3 amide bonds. The summed E-state index contributed by atoms with van der Waals surface area (Å²) in [5, 5.41) is 2.81. The second kappa shape index (κ2) is 8.96. The largest absolute Gasteiger partial charge is 0.474 e. The van der Waals surface area contributed by atoms with Gasteiger partial charge in [-0.15, -0.1) is 0 Å². The van der Waals surface area contributed by atoms with Crippen molar-refractivity contribution in [2.75, 3.05) is 37.1 Å². The quantitative estimate of drug-likeness (QED) is 0.636. The third-order valence-electron chi connectivity index (χ3n) is 5.88. The standard InChI is InChI=1S/C23H26N4O5/c1-23-11-9-20(29)27(23)18-8-4-3-6-16(18)22(30)26(23)13-10-19(28)25-17-7-5-12-24-21(17)32-15-14-31-2/h3-8,12H,9-11,13-15H2,1-2H3,(H,25,28). The minimum Gasteiger partial charge on any atom is -0.474 e. The zero-order chi connectivity index (χ0) is 22.7. The van der Waals surface area contributed by atoms with Crippen LogP contribution in [0.3, 0.4) is 0 Å². The van der Waals surface area contributed by atoms with Crippen molar-refractivity contribution in [3.63, 3.8) is 0 Å². The summed E-state index contributed by atoms with van der Waals surface area (Å²) in [5.74, 6) is -0.164. The molecule has 1 fully saturated rings. The van der Waals surface area contributed by atoms with Crippen LogP contribution in [0, 0.1) is 0 Å². The van der Waals surface area contributed by atoms with Gasteiger partial charge in [0.05, 0.1) is 17.9 Å². The van der Waals surface area contributed by atoms with E-state index in [2.05, 4.69) is 10.3 Å². The zero-order valence-electron chi connectivity index (χ0n) is 18.2. The molecule has 0 spiro atoms. The van der Waals surface area contributed by atoms with Crippen molar-refractivity contribution in [2.24, 2.45) is 0 Å². The summed E-state index contributed by atoms with van der Waals surface area (Å²) in [6.45, 7) is 2.77. The van der Waals surface area contributed by atoms with Gasteiger partial charge in [0.2, 0.25) is 17.7 Å². The number of anilines is 2. The molecule has 1 aromatic carbocycles. The number of hydrogen-bond acceptors (Lipinski definition) is 6. The van der Waals surface area contributed by atoms with Crippen molar-refractivity contribution in [1.29, 1.82) is 0 Å². The summed E-state index contributed by atoms with van der Waals surface area (Å²) in [6.07, 6.45) is 2.53. The fourth-order valence-electron chi connectivity index (χ4n) is 4.29. The van der Waals surface area contributed by atoms with Crippen LogP contribution in [0.15, 0.2) is 42.6 Å². The molecule has 0 saturated carbocycles. The normalized spacial score (nSPS) is 19.6. The molecule has 2 aliphatic heterocycles. The molecular weight excluding hydrogens is 412 g/mol. The Bertz CT molecular complexity index is 1040. The SMILES string of the molecule is COCCOc1ncccc1NC(=O)CCN1C(=O)c2ccccc2N2C(=O)CCC12C. The molecule has 2 aromatic rings. The van der Waals surface area contributed by atoms with Gasteiger partial charge < -0.3 is 19.7 Å². The second-order valence-corrected chi connectivity index (χ2v) is 7.92. The van der Waals surface area contributed by atoms with Crippen LogP contribution in [0.4, 0.5) is 11.4 Å². The molecule has 9 nitrogen and oxygen atoms in total. The van der Waals surface area contributed by atoms with E-state index in [1.165, 1.54) is 0 Å². The summed E-state index contributed by atoms with van der Waals surface area (Å²) in [6, 6.07) is 10.5.